The molecule has 1 N–H and O–H groups in total. The van der Waals surface area contributed by atoms with Gasteiger partial charge in [0.1, 0.15) is 30.8 Å². The van der Waals surface area contributed by atoms with Gasteiger partial charge in [0.15, 0.2) is 0 Å². The van der Waals surface area contributed by atoms with Gasteiger partial charge in [-0.05, 0) is 12.1 Å². The van der Waals surface area contributed by atoms with E-state index in [-0.39, 0.29) is 13.2 Å². The molecule has 5 nitrogen and oxygen atoms in total. The molecule has 1 atom stereocenters. The second kappa shape index (κ2) is 8.58. The molecule has 0 amide bonds. The van der Waals surface area contributed by atoms with Crippen molar-refractivity contribution in [3.63, 3.8) is 0 Å². The summed E-state index contributed by atoms with van der Waals surface area (Å²) in [5.41, 5.74) is 0. The number of benzene rings is 2. The fourth-order valence-corrected chi connectivity index (χ4v) is 2.16. The van der Waals surface area contributed by atoms with Crippen LogP contribution in [0.3, 0.4) is 0 Å². The Hall–Kier alpha value is -1.82. The van der Waals surface area contributed by atoms with E-state index in [1.54, 1.807) is 14.2 Å². The third kappa shape index (κ3) is 4.34. The monoisotopic (exact) mass is 306 g/mol. The first kappa shape index (κ1) is 16.5. The molecular weight excluding hydrogens is 284 g/mol. The van der Waals surface area contributed by atoms with Crippen molar-refractivity contribution in [3.8, 4) is 11.5 Å². The van der Waals surface area contributed by atoms with Crippen molar-refractivity contribution in [2.24, 2.45) is 0 Å². The first-order chi connectivity index (χ1) is 10.8. The van der Waals surface area contributed by atoms with E-state index < -0.39 is 6.10 Å². The average molecular weight is 306 g/mol. The first-order valence-corrected chi connectivity index (χ1v) is 7.19. The van der Waals surface area contributed by atoms with Crippen LogP contribution in [-0.2, 0) is 9.47 Å². The molecule has 1 unspecified atom stereocenters. The van der Waals surface area contributed by atoms with E-state index >= 15 is 0 Å². The summed E-state index contributed by atoms with van der Waals surface area (Å²) in [5.74, 6) is 1.50. The molecular formula is C17H22O5. The van der Waals surface area contributed by atoms with Gasteiger partial charge >= 0.3 is 0 Å². The minimum Gasteiger partial charge on any atom is -0.491 e. The Morgan fingerprint density at radius 1 is 0.818 bits per heavy atom. The van der Waals surface area contributed by atoms with E-state index in [9.17, 15) is 5.11 Å². The zero-order chi connectivity index (χ0) is 15.8. The highest BCUT2D eigenvalue weighted by Crippen LogP contribution is 2.33. The van der Waals surface area contributed by atoms with Crippen LogP contribution >= 0.6 is 0 Å². The van der Waals surface area contributed by atoms with Crippen LogP contribution in [0, 0.1) is 0 Å². The number of ether oxygens (including phenoxy) is 4. The summed E-state index contributed by atoms with van der Waals surface area (Å²) in [5, 5.41) is 11.6. The van der Waals surface area contributed by atoms with Crippen LogP contribution in [0.4, 0.5) is 0 Å². The Kier molecular flexibility index (Phi) is 6.45. The third-order valence-corrected chi connectivity index (χ3v) is 3.18. The fraction of sp³-hybridized carbons (Fsp3) is 0.412. The van der Waals surface area contributed by atoms with Crippen LogP contribution in [0.2, 0.25) is 0 Å². The molecule has 0 saturated carbocycles. The van der Waals surface area contributed by atoms with Crippen LogP contribution in [0.5, 0.6) is 11.5 Å². The van der Waals surface area contributed by atoms with Crippen LogP contribution in [0.1, 0.15) is 0 Å². The molecule has 0 aliphatic heterocycles. The number of fused-ring (bicyclic) bond motifs is 1. The number of hydrogen-bond donors (Lipinski definition) is 1. The van der Waals surface area contributed by atoms with Gasteiger partial charge in [0.2, 0.25) is 0 Å². The fourth-order valence-electron chi connectivity index (χ4n) is 2.16. The van der Waals surface area contributed by atoms with Gasteiger partial charge in [0.25, 0.3) is 0 Å². The van der Waals surface area contributed by atoms with Gasteiger partial charge < -0.3 is 24.1 Å². The molecule has 0 radical (unpaired) electrons. The SMILES string of the molecule is COCCOc1ccc(OCC(O)COC)c2ccccc12. The topological polar surface area (TPSA) is 57.2 Å². The minimum absolute atomic E-state index is 0.182. The van der Waals surface area contributed by atoms with Crippen molar-refractivity contribution in [2.45, 2.75) is 6.10 Å². The molecule has 2 rings (SSSR count). The molecule has 120 valence electrons. The van der Waals surface area contributed by atoms with E-state index in [1.807, 2.05) is 36.4 Å². The van der Waals surface area contributed by atoms with Gasteiger partial charge in [0.05, 0.1) is 13.2 Å². The molecule has 0 aliphatic rings. The number of aliphatic hydroxyl groups excluding tert-OH is 1. The highest BCUT2D eigenvalue weighted by atomic mass is 16.5. The summed E-state index contributed by atoms with van der Waals surface area (Å²) < 4.78 is 21.3. The van der Waals surface area contributed by atoms with Crippen molar-refractivity contribution in [1.29, 1.82) is 0 Å². The first-order valence-electron chi connectivity index (χ1n) is 7.19. The van der Waals surface area contributed by atoms with Crippen molar-refractivity contribution in [3.05, 3.63) is 36.4 Å². The summed E-state index contributed by atoms with van der Waals surface area (Å²) in [6.07, 6.45) is -0.651. The number of rotatable bonds is 9. The number of methoxy groups -OCH3 is 2. The summed E-state index contributed by atoms with van der Waals surface area (Å²) >= 11 is 0. The average Bonchev–Trinajstić information content (AvgIpc) is 2.54. The molecule has 0 fully saturated rings. The van der Waals surface area contributed by atoms with Crippen LogP contribution in [-0.4, -0.2) is 51.9 Å². The lowest BCUT2D eigenvalue weighted by molar-refractivity contribution is 0.0329. The Balaban J connectivity index is 2.16. The van der Waals surface area contributed by atoms with Gasteiger partial charge in [-0.2, -0.15) is 0 Å². The second-order valence-corrected chi connectivity index (χ2v) is 4.87. The van der Waals surface area contributed by atoms with Crippen molar-refractivity contribution >= 4 is 10.8 Å². The van der Waals surface area contributed by atoms with E-state index in [4.69, 9.17) is 18.9 Å². The summed E-state index contributed by atoms with van der Waals surface area (Å²) in [7, 11) is 3.19. The lowest BCUT2D eigenvalue weighted by atomic mass is 10.1. The predicted octanol–water partition coefficient (Wildman–Crippen LogP) is 2.25. The van der Waals surface area contributed by atoms with E-state index in [1.165, 1.54) is 0 Å². The standard InChI is InChI=1S/C17H22O5/c1-19-9-10-21-16-7-8-17(22-12-13(18)11-20-2)15-6-4-3-5-14(15)16/h3-8,13,18H,9-12H2,1-2H3. The zero-order valence-electron chi connectivity index (χ0n) is 13.0. The van der Waals surface area contributed by atoms with Crippen molar-refractivity contribution in [1.82, 2.24) is 0 Å². The smallest absolute Gasteiger partial charge is 0.127 e. The van der Waals surface area contributed by atoms with Gasteiger partial charge in [-0.25, -0.2) is 0 Å². The van der Waals surface area contributed by atoms with Crippen LogP contribution in [0.15, 0.2) is 36.4 Å². The molecule has 0 heterocycles. The van der Waals surface area contributed by atoms with Crippen LogP contribution in [0.25, 0.3) is 10.8 Å². The van der Waals surface area contributed by atoms with Gasteiger partial charge in [-0.3, -0.25) is 0 Å². The maximum Gasteiger partial charge on any atom is 0.127 e. The lowest BCUT2D eigenvalue weighted by Gasteiger charge is -2.15. The highest BCUT2D eigenvalue weighted by molar-refractivity contribution is 5.93. The normalized spacial score (nSPS) is 12.3. The largest absolute Gasteiger partial charge is 0.491 e. The molecule has 5 heteroatoms. The minimum atomic E-state index is -0.651. The highest BCUT2D eigenvalue weighted by Gasteiger charge is 2.10. The second-order valence-electron chi connectivity index (χ2n) is 4.87. The molecule has 0 aliphatic carbocycles. The summed E-state index contributed by atoms with van der Waals surface area (Å²) in [6.45, 7) is 1.46. The molecule has 0 aromatic heterocycles. The maximum atomic E-state index is 9.69. The lowest BCUT2D eigenvalue weighted by Crippen LogP contribution is -2.22. The van der Waals surface area contributed by atoms with E-state index in [0.29, 0.717) is 19.0 Å². The van der Waals surface area contributed by atoms with Crippen molar-refractivity contribution < 1.29 is 24.1 Å². The van der Waals surface area contributed by atoms with Crippen molar-refractivity contribution in [2.75, 3.05) is 40.6 Å². The summed E-state index contributed by atoms with van der Waals surface area (Å²) in [6, 6.07) is 11.6. The number of aliphatic hydroxyl groups is 1. The molecule has 2 aromatic carbocycles. The Bertz CT molecular complexity index is 584. The molecule has 0 bridgehead atoms. The predicted molar refractivity (Wildman–Crippen MR) is 84.7 cm³/mol. The van der Waals surface area contributed by atoms with E-state index in [0.717, 1.165) is 16.5 Å². The Morgan fingerprint density at radius 2 is 1.45 bits per heavy atom. The molecule has 0 spiro atoms. The van der Waals surface area contributed by atoms with E-state index in [2.05, 4.69) is 0 Å². The van der Waals surface area contributed by atoms with Gasteiger partial charge in [-0.15, -0.1) is 0 Å². The Labute approximate surface area is 130 Å². The number of hydrogen-bond acceptors (Lipinski definition) is 5. The molecule has 22 heavy (non-hydrogen) atoms. The molecule has 2 aromatic rings. The van der Waals surface area contributed by atoms with Gasteiger partial charge in [0, 0.05) is 25.0 Å². The maximum absolute atomic E-state index is 9.69. The quantitative estimate of drug-likeness (QED) is 0.720. The zero-order valence-corrected chi connectivity index (χ0v) is 13.0. The molecule has 0 saturated heterocycles. The third-order valence-electron chi connectivity index (χ3n) is 3.18. The summed E-state index contributed by atoms with van der Waals surface area (Å²) in [4.78, 5) is 0. The van der Waals surface area contributed by atoms with Gasteiger partial charge in [-0.1, -0.05) is 24.3 Å². The Morgan fingerprint density at radius 3 is 2.05 bits per heavy atom. The van der Waals surface area contributed by atoms with Crippen LogP contribution < -0.4 is 9.47 Å².